The van der Waals surface area contributed by atoms with Gasteiger partial charge in [0.05, 0.1) is 18.7 Å². The van der Waals surface area contributed by atoms with Crippen molar-refractivity contribution in [3.05, 3.63) is 28.0 Å². The fraction of sp³-hybridized carbons (Fsp3) is 0.556. The molecule has 0 spiro atoms. The number of rotatable bonds is 6. The van der Waals surface area contributed by atoms with Crippen molar-refractivity contribution in [2.45, 2.75) is 58.2 Å². The van der Waals surface area contributed by atoms with E-state index in [2.05, 4.69) is 15.4 Å². The van der Waals surface area contributed by atoms with E-state index < -0.39 is 23.7 Å². The van der Waals surface area contributed by atoms with E-state index in [1.807, 2.05) is 0 Å². The SMILES string of the molecule is CCOC(=O)Cc1csc(NC(=O)Cn2nc(C(F)(F)F)c3c2CCCCC3)n1. The van der Waals surface area contributed by atoms with Gasteiger partial charge in [0, 0.05) is 16.6 Å². The van der Waals surface area contributed by atoms with Crippen molar-refractivity contribution in [1.29, 1.82) is 0 Å². The van der Waals surface area contributed by atoms with Gasteiger partial charge in [0.15, 0.2) is 10.8 Å². The Bertz CT molecular complexity index is 892. The van der Waals surface area contributed by atoms with Gasteiger partial charge in [0.1, 0.15) is 6.54 Å². The number of esters is 1. The smallest absolute Gasteiger partial charge is 0.435 e. The lowest BCUT2D eigenvalue weighted by Gasteiger charge is -2.07. The minimum atomic E-state index is -4.55. The van der Waals surface area contributed by atoms with Gasteiger partial charge in [-0.05, 0) is 32.6 Å². The molecule has 0 fully saturated rings. The molecule has 1 aliphatic carbocycles. The number of hydrogen-bond donors (Lipinski definition) is 1. The Kier molecular flexibility index (Phi) is 6.56. The highest BCUT2D eigenvalue weighted by atomic mass is 32.1. The number of nitrogens with zero attached hydrogens (tertiary/aromatic N) is 3. The van der Waals surface area contributed by atoms with E-state index in [-0.39, 0.29) is 30.3 Å². The molecule has 0 aromatic carbocycles. The third-order valence-corrected chi connectivity index (χ3v) is 5.30. The number of carbonyl (C=O) groups excluding carboxylic acids is 2. The number of ether oxygens (including phenoxy) is 1. The number of fused-ring (bicyclic) bond motifs is 1. The molecule has 2 aromatic heterocycles. The fourth-order valence-corrected chi connectivity index (χ4v) is 4.03. The number of anilines is 1. The van der Waals surface area contributed by atoms with Crippen LogP contribution in [0.4, 0.5) is 18.3 Å². The van der Waals surface area contributed by atoms with E-state index in [0.29, 0.717) is 30.7 Å². The van der Waals surface area contributed by atoms with E-state index in [0.717, 1.165) is 28.9 Å². The Morgan fingerprint density at radius 3 is 2.76 bits per heavy atom. The second-order valence-corrected chi connectivity index (χ2v) is 7.52. The first-order chi connectivity index (χ1) is 13.8. The first kappa shape index (κ1) is 21.3. The zero-order chi connectivity index (χ0) is 21.0. The summed E-state index contributed by atoms with van der Waals surface area (Å²) in [7, 11) is 0. The molecule has 2 aromatic rings. The Balaban J connectivity index is 1.70. The Morgan fingerprint density at radius 2 is 2.03 bits per heavy atom. The first-order valence-corrected chi connectivity index (χ1v) is 10.2. The van der Waals surface area contributed by atoms with Crippen LogP contribution in [-0.2, 0) is 46.3 Å². The van der Waals surface area contributed by atoms with Crippen LogP contribution in [0, 0.1) is 0 Å². The number of aromatic nitrogens is 3. The van der Waals surface area contributed by atoms with Gasteiger partial charge in [-0.2, -0.15) is 18.3 Å². The van der Waals surface area contributed by atoms with Crippen molar-refractivity contribution in [2.24, 2.45) is 0 Å². The van der Waals surface area contributed by atoms with Crippen molar-refractivity contribution in [2.75, 3.05) is 11.9 Å². The molecule has 0 saturated carbocycles. The topological polar surface area (TPSA) is 86.1 Å². The first-order valence-electron chi connectivity index (χ1n) is 9.33. The van der Waals surface area contributed by atoms with Crippen molar-refractivity contribution < 1.29 is 27.5 Å². The van der Waals surface area contributed by atoms with E-state index in [1.54, 1.807) is 12.3 Å². The van der Waals surface area contributed by atoms with E-state index in [1.165, 1.54) is 0 Å². The second kappa shape index (κ2) is 8.93. The average molecular weight is 430 g/mol. The number of amides is 1. The van der Waals surface area contributed by atoms with Gasteiger partial charge in [0.2, 0.25) is 5.91 Å². The standard InChI is InChI=1S/C18H21F3N4O3S/c1-2-28-15(27)8-11-10-29-17(22-11)23-14(26)9-25-13-7-5-3-4-6-12(13)16(24-25)18(19,20)21/h10H,2-9H2,1H3,(H,22,23,26). The molecule has 1 amide bonds. The lowest BCUT2D eigenvalue weighted by Crippen LogP contribution is -2.21. The highest BCUT2D eigenvalue weighted by molar-refractivity contribution is 7.13. The van der Waals surface area contributed by atoms with Crippen LogP contribution in [0.5, 0.6) is 0 Å². The van der Waals surface area contributed by atoms with Gasteiger partial charge in [-0.25, -0.2) is 4.98 Å². The molecule has 0 radical (unpaired) electrons. The average Bonchev–Trinajstić information content (AvgIpc) is 3.10. The van der Waals surface area contributed by atoms with Crippen LogP contribution in [0.1, 0.15) is 48.8 Å². The zero-order valence-corrected chi connectivity index (χ0v) is 16.7. The van der Waals surface area contributed by atoms with Gasteiger partial charge in [0.25, 0.3) is 0 Å². The Labute approximate surface area is 169 Å². The minimum absolute atomic E-state index is 0.0121. The monoisotopic (exact) mass is 430 g/mol. The summed E-state index contributed by atoms with van der Waals surface area (Å²) < 4.78 is 46.0. The van der Waals surface area contributed by atoms with Crippen LogP contribution in [0.15, 0.2) is 5.38 Å². The third kappa shape index (κ3) is 5.34. The van der Waals surface area contributed by atoms with Crippen LogP contribution in [-0.4, -0.2) is 33.2 Å². The molecule has 3 rings (SSSR count). The van der Waals surface area contributed by atoms with Crippen LogP contribution in [0.25, 0.3) is 0 Å². The number of thiazole rings is 1. The molecule has 0 aliphatic heterocycles. The lowest BCUT2D eigenvalue weighted by atomic mass is 10.1. The summed E-state index contributed by atoms with van der Waals surface area (Å²) in [4.78, 5) is 28.0. The number of hydrogen-bond acceptors (Lipinski definition) is 6. The minimum Gasteiger partial charge on any atom is -0.466 e. The van der Waals surface area contributed by atoms with Gasteiger partial charge in [-0.3, -0.25) is 14.3 Å². The van der Waals surface area contributed by atoms with Crippen molar-refractivity contribution >= 4 is 28.3 Å². The van der Waals surface area contributed by atoms with Crippen molar-refractivity contribution in [1.82, 2.24) is 14.8 Å². The second-order valence-electron chi connectivity index (χ2n) is 6.66. The quantitative estimate of drug-likeness (QED) is 0.561. The number of halogens is 3. The molecule has 0 bridgehead atoms. The summed E-state index contributed by atoms with van der Waals surface area (Å²) >= 11 is 1.13. The maximum atomic E-state index is 13.3. The molecule has 1 aliphatic rings. The van der Waals surface area contributed by atoms with Crippen molar-refractivity contribution in [3.8, 4) is 0 Å². The van der Waals surface area contributed by atoms with Crippen LogP contribution < -0.4 is 5.32 Å². The van der Waals surface area contributed by atoms with Gasteiger partial charge < -0.3 is 10.1 Å². The fourth-order valence-electron chi connectivity index (χ4n) is 3.31. The maximum absolute atomic E-state index is 13.3. The largest absolute Gasteiger partial charge is 0.466 e. The maximum Gasteiger partial charge on any atom is 0.435 e. The van der Waals surface area contributed by atoms with E-state index >= 15 is 0 Å². The summed E-state index contributed by atoms with van der Waals surface area (Å²) in [5, 5.41) is 8.15. The zero-order valence-electron chi connectivity index (χ0n) is 15.8. The normalized spacial score (nSPS) is 14.2. The van der Waals surface area contributed by atoms with E-state index in [4.69, 9.17) is 4.74 Å². The number of nitrogens with one attached hydrogen (secondary N) is 1. The molecule has 29 heavy (non-hydrogen) atoms. The molecule has 158 valence electrons. The molecule has 7 nitrogen and oxygen atoms in total. The lowest BCUT2D eigenvalue weighted by molar-refractivity contribution is -0.143. The Morgan fingerprint density at radius 1 is 1.28 bits per heavy atom. The summed E-state index contributed by atoms with van der Waals surface area (Å²) in [5.74, 6) is -0.945. The third-order valence-electron chi connectivity index (χ3n) is 4.50. The predicted octanol–water partition coefficient (Wildman–Crippen LogP) is 3.37. The molecule has 0 saturated heterocycles. The van der Waals surface area contributed by atoms with Crippen LogP contribution in [0.3, 0.4) is 0 Å². The molecular weight excluding hydrogens is 409 g/mol. The van der Waals surface area contributed by atoms with Gasteiger partial charge in [-0.15, -0.1) is 11.3 Å². The summed E-state index contributed by atoms with van der Waals surface area (Å²) in [6.07, 6.45) is -1.49. The molecule has 1 N–H and O–H groups in total. The van der Waals surface area contributed by atoms with Crippen molar-refractivity contribution in [3.63, 3.8) is 0 Å². The van der Waals surface area contributed by atoms with Gasteiger partial charge >= 0.3 is 12.1 Å². The highest BCUT2D eigenvalue weighted by Gasteiger charge is 2.39. The summed E-state index contributed by atoms with van der Waals surface area (Å²) in [6, 6.07) is 0. The van der Waals surface area contributed by atoms with Gasteiger partial charge in [-0.1, -0.05) is 6.42 Å². The summed E-state index contributed by atoms with van der Waals surface area (Å²) in [5.41, 5.74) is 0.241. The summed E-state index contributed by atoms with van der Waals surface area (Å²) in [6.45, 7) is 1.64. The molecule has 2 heterocycles. The predicted molar refractivity (Wildman–Crippen MR) is 99.6 cm³/mol. The molecule has 0 atom stereocenters. The molecule has 11 heteroatoms. The number of carbonyl (C=O) groups is 2. The van der Waals surface area contributed by atoms with Crippen LogP contribution in [0.2, 0.25) is 0 Å². The van der Waals surface area contributed by atoms with Crippen LogP contribution >= 0.6 is 11.3 Å². The molecular formula is C18H21F3N4O3S. The number of alkyl halides is 3. The molecule has 0 unspecified atom stereocenters. The highest BCUT2D eigenvalue weighted by Crippen LogP contribution is 2.35. The van der Waals surface area contributed by atoms with E-state index in [9.17, 15) is 22.8 Å². The Hall–Kier alpha value is -2.43.